The first-order valence-corrected chi connectivity index (χ1v) is 6.47. The SMILES string of the molecule is CNC(c1c(F)cc(F)cc1F)c1c(Cl)cccc1Cl. The zero-order valence-electron chi connectivity index (χ0n) is 10.4. The van der Waals surface area contributed by atoms with Gasteiger partial charge in [0.1, 0.15) is 17.5 Å². The number of benzene rings is 2. The van der Waals surface area contributed by atoms with E-state index in [0.717, 1.165) is 0 Å². The summed E-state index contributed by atoms with van der Waals surface area (Å²) < 4.78 is 40.8. The molecule has 1 atom stereocenters. The van der Waals surface area contributed by atoms with Crippen molar-refractivity contribution in [1.82, 2.24) is 5.32 Å². The van der Waals surface area contributed by atoms with Crippen molar-refractivity contribution in [3.05, 3.63) is 69.0 Å². The third-order valence-corrected chi connectivity index (χ3v) is 3.57. The minimum atomic E-state index is -1.00. The maximum absolute atomic E-state index is 13.9. The standard InChI is InChI=1S/C14H10Cl2F3N/c1-20-14(12-8(15)3-2-4-9(12)16)13-10(18)5-7(17)6-11(13)19/h2-6,14,20H,1H3. The summed E-state index contributed by atoms with van der Waals surface area (Å²) in [4.78, 5) is 0. The molecular weight excluding hydrogens is 310 g/mol. The quantitative estimate of drug-likeness (QED) is 0.863. The van der Waals surface area contributed by atoms with E-state index in [0.29, 0.717) is 17.7 Å². The lowest BCUT2D eigenvalue weighted by molar-refractivity contribution is 0.500. The van der Waals surface area contributed by atoms with Crippen LogP contribution in [0.25, 0.3) is 0 Å². The Morgan fingerprint density at radius 1 is 0.950 bits per heavy atom. The molecule has 20 heavy (non-hydrogen) atoms. The first-order chi connectivity index (χ1) is 9.45. The summed E-state index contributed by atoms with van der Waals surface area (Å²) in [7, 11) is 1.51. The summed E-state index contributed by atoms with van der Waals surface area (Å²) in [5, 5.41) is 3.27. The van der Waals surface area contributed by atoms with Crippen molar-refractivity contribution >= 4 is 23.2 Å². The van der Waals surface area contributed by atoms with E-state index in [1.165, 1.54) is 7.05 Å². The van der Waals surface area contributed by atoms with Crippen LogP contribution in [-0.2, 0) is 0 Å². The Labute approximate surface area is 124 Å². The highest BCUT2D eigenvalue weighted by Crippen LogP contribution is 2.36. The zero-order chi connectivity index (χ0) is 14.9. The highest BCUT2D eigenvalue weighted by atomic mass is 35.5. The van der Waals surface area contributed by atoms with Gasteiger partial charge in [0.15, 0.2) is 0 Å². The molecule has 0 saturated carbocycles. The van der Waals surface area contributed by atoms with Crippen LogP contribution < -0.4 is 5.32 Å². The van der Waals surface area contributed by atoms with Gasteiger partial charge in [0, 0.05) is 33.3 Å². The topological polar surface area (TPSA) is 12.0 Å². The van der Waals surface area contributed by atoms with Crippen molar-refractivity contribution in [2.45, 2.75) is 6.04 Å². The van der Waals surface area contributed by atoms with E-state index in [9.17, 15) is 13.2 Å². The van der Waals surface area contributed by atoms with Crippen LogP contribution in [0.15, 0.2) is 30.3 Å². The van der Waals surface area contributed by atoms with Gasteiger partial charge in [-0.15, -0.1) is 0 Å². The molecule has 1 N–H and O–H groups in total. The molecule has 0 bridgehead atoms. The Balaban J connectivity index is 2.65. The van der Waals surface area contributed by atoms with E-state index >= 15 is 0 Å². The Hall–Kier alpha value is -1.23. The maximum Gasteiger partial charge on any atom is 0.134 e. The zero-order valence-corrected chi connectivity index (χ0v) is 11.9. The smallest absolute Gasteiger partial charge is 0.134 e. The van der Waals surface area contributed by atoms with Gasteiger partial charge in [-0.2, -0.15) is 0 Å². The predicted octanol–water partition coefficient (Wildman–Crippen LogP) is 4.72. The molecule has 0 heterocycles. The summed E-state index contributed by atoms with van der Waals surface area (Å²) in [6, 6.07) is 5.06. The predicted molar refractivity (Wildman–Crippen MR) is 73.7 cm³/mol. The van der Waals surface area contributed by atoms with E-state index in [2.05, 4.69) is 5.32 Å². The van der Waals surface area contributed by atoms with E-state index in [4.69, 9.17) is 23.2 Å². The van der Waals surface area contributed by atoms with Gasteiger partial charge in [0.05, 0.1) is 6.04 Å². The fraction of sp³-hybridized carbons (Fsp3) is 0.143. The highest BCUT2D eigenvalue weighted by Gasteiger charge is 2.25. The Morgan fingerprint density at radius 3 is 1.90 bits per heavy atom. The van der Waals surface area contributed by atoms with Gasteiger partial charge in [0.2, 0.25) is 0 Å². The lowest BCUT2D eigenvalue weighted by Gasteiger charge is -2.21. The van der Waals surface area contributed by atoms with Crippen LogP contribution in [-0.4, -0.2) is 7.05 Å². The maximum atomic E-state index is 13.9. The van der Waals surface area contributed by atoms with E-state index in [1.807, 2.05) is 0 Å². The van der Waals surface area contributed by atoms with Crippen LogP contribution in [0.4, 0.5) is 13.2 Å². The van der Waals surface area contributed by atoms with Crippen molar-refractivity contribution < 1.29 is 13.2 Å². The van der Waals surface area contributed by atoms with Crippen molar-refractivity contribution in [2.24, 2.45) is 0 Å². The van der Waals surface area contributed by atoms with Gasteiger partial charge in [-0.1, -0.05) is 29.3 Å². The molecule has 2 aromatic rings. The van der Waals surface area contributed by atoms with Crippen LogP contribution in [0.5, 0.6) is 0 Å². The van der Waals surface area contributed by atoms with Crippen LogP contribution in [0.1, 0.15) is 17.2 Å². The van der Waals surface area contributed by atoms with Gasteiger partial charge < -0.3 is 5.32 Å². The normalized spacial score (nSPS) is 12.5. The van der Waals surface area contributed by atoms with Gasteiger partial charge in [-0.3, -0.25) is 0 Å². The number of rotatable bonds is 3. The van der Waals surface area contributed by atoms with Crippen molar-refractivity contribution in [2.75, 3.05) is 7.05 Å². The molecule has 0 radical (unpaired) electrons. The summed E-state index contributed by atoms with van der Waals surface area (Å²) in [5.74, 6) is -2.99. The van der Waals surface area contributed by atoms with Crippen molar-refractivity contribution in [3.63, 3.8) is 0 Å². The third kappa shape index (κ3) is 2.77. The highest BCUT2D eigenvalue weighted by molar-refractivity contribution is 6.36. The van der Waals surface area contributed by atoms with E-state index in [-0.39, 0.29) is 15.6 Å². The third-order valence-electron chi connectivity index (χ3n) is 2.91. The van der Waals surface area contributed by atoms with Gasteiger partial charge in [-0.25, -0.2) is 13.2 Å². The molecular formula is C14H10Cl2F3N. The number of halogens is 5. The monoisotopic (exact) mass is 319 g/mol. The second kappa shape index (κ2) is 6.04. The molecule has 2 rings (SSSR count). The Kier molecular flexibility index (Phi) is 4.58. The van der Waals surface area contributed by atoms with Gasteiger partial charge >= 0.3 is 0 Å². The summed E-state index contributed by atoms with van der Waals surface area (Å²) >= 11 is 12.1. The molecule has 2 aromatic carbocycles. The average molecular weight is 320 g/mol. The molecule has 106 valence electrons. The van der Waals surface area contributed by atoms with Crippen molar-refractivity contribution in [1.29, 1.82) is 0 Å². The first kappa shape index (κ1) is 15.2. The summed E-state index contributed by atoms with van der Waals surface area (Å²) in [6.45, 7) is 0. The van der Waals surface area contributed by atoms with E-state index in [1.54, 1.807) is 18.2 Å². The summed E-state index contributed by atoms with van der Waals surface area (Å²) in [5.41, 5.74) is 0.00615. The second-order valence-electron chi connectivity index (χ2n) is 4.14. The largest absolute Gasteiger partial charge is 0.309 e. The van der Waals surface area contributed by atoms with Gasteiger partial charge in [0.25, 0.3) is 0 Å². The molecule has 1 unspecified atom stereocenters. The first-order valence-electron chi connectivity index (χ1n) is 5.71. The molecule has 0 aliphatic rings. The second-order valence-corrected chi connectivity index (χ2v) is 4.95. The van der Waals surface area contributed by atoms with Crippen LogP contribution >= 0.6 is 23.2 Å². The molecule has 0 fully saturated rings. The van der Waals surface area contributed by atoms with Crippen LogP contribution in [0, 0.1) is 17.5 Å². The fourth-order valence-electron chi connectivity index (χ4n) is 2.05. The molecule has 0 spiro atoms. The average Bonchev–Trinajstić information content (AvgIpc) is 2.35. The van der Waals surface area contributed by atoms with Crippen LogP contribution in [0.3, 0.4) is 0 Å². The van der Waals surface area contributed by atoms with Gasteiger partial charge in [-0.05, 0) is 19.2 Å². The molecule has 0 aliphatic carbocycles. The molecule has 0 saturated heterocycles. The lowest BCUT2D eigenvalue weighted by atomic mass is 9.97. The number of nitrogens with one attached hydrogen (secondary N) is 1. The minimum Gasteiger partial charge on any atom is -0.309 e. The number of hydrogen-bond donors (Lipinski definition) is 1. The molecule has 0 aliphatic heterocycles. The van der Waals surface area contributed by atoms with E-state index < -0.39 is 23.5 Å². The Bertz CT molecular complexity index is 603. The Morgan fingerprint density at radius 2 is 1.45 bits per heavy atom. The lowest BCUT2D eigenvalue weighted by Crippen LogP contribution is -2.21. The minimum absolute atomic E-state index is 0.264. The number of hydrogen-bond acceptors (Lipinski definition) is 1. The molecule has 6 heteroatoms. The molecule has 1 nitrogen and oxygen atoms in total. The molecule has 0 amide bonds. The van der Waals surface area contributed by atoms with Crippen LogP contribution in [0.2, 0.25) is 10.0 Å². The van der Waals surface area contributed by atoms with Crippen molar-refractivity contribution in [3.8, 4) is 0 Å². The molecule has 0 aromatic heterocycles. The summed E-state index contributed by atoms with van der Waals surface area (Å²) in [6.07, 6.45) is 0. The fourth-order valence-corrected chi connectivity index (χ4v) is 2.66.